The van der Waals surface area contributed by atoms with E-state index in [0.29, 0.717) is 23.7 Å². The summed E-state index contributed by atoms with van der Waals surface area (Å²) in [4.78, 5) is 4.34. The molecule has 0 atom stereocenters. The lowest BCUT2D eigenvalue weighted by Gasteiger charge is -1.98. The molecule has 3 aromatic rings. The molecule has 1 N–H and O–H groups in total. The summed E-state index contributed by atoms with van der Waals surface area (Å²) < 4.78 is 6.24. The van der Waals surface area contributed by atoms with E-state index in [2.05, 4.69) is 26.1 Å². The zero-order chi connectivity index (χ0) is 14.8. The highest BCUT2D eigenvalue weighted by Crippen LogP contribution is 2.28. The molecule has 0 saturated heterocycles. The maximum Gasteiger partial charge on any atom is 0.257 e. The van der Waals surface area contributed by atoms with Crippen molar-refractivity contribution in [3.8, 4) is 17.2 Å². The van der Waals surface area contributed by atoms with E-state index < -0.39 is 0 Å². The summed E-state index contributed by atoms with van der Waals surface area (Å²) in [7, 11) is 0. The minimum atomic E-state index is 0.0225. The van der Waals surface area contributed by atoms with Crippen molar-refractivity contribution < 1.29 is 9.63 Å². The molecule has 21 heavy (non-hydrogen) atoms. The third-order valence-electron chi connectivity index (χ3n) is 2.91. The van der Waals surface area contributed by atoms with Gasteiger partial charge in [-0.3, -0.25) is 0 Å². The minimum Gasteiger partial charge on any atom is -0.506 e. The van der Waals surface area contributed by atoms with Crippen LogP contribution in [0.2, 0.25) is 5.02 Å². The van der Waals surface area contributed by atoms with Crippen LogP contribution in [-0.4, -0.2) is 15.2 Å². The Morgan fingerprint density at radius 2 is 2.05 bits per heavy atom. The lowest BCUT2D eigenvalue weighted by molar-refractivity contribution is 0.423. The van der Waals surface area contributed by atoms with Crippen LogP contribution < -0.4 is 0 Å². The number of rotatable bonds is 3. The topological polar surface area (TPSA) is 59.2 Å². The van der Waals surface area contributed by atoms with Gasteiger partial charge in [-0.25, -0.2) is 0 Å². The van der Waals surface area contributed by atoms with Gasteiger partial charge >= 0.3 is 0 Å². The number of phenolic OH excluding ortho intramolecular Hbond substituents is 1. The normalized spacial score (nSPS) is 10.8. The number of hydrogen-bond acceptors (Lipinski definition) is 4. The van der Waals surface area contributed by atoms with E-state index in [9.17, 15) is 5.11 Å². The van der Waals surface area contributed by atoms with E-state index in [1.165, 1.54) is 6.07 Å². The van der Waals surface area contributed by atoms with E-state index in [0.717, 1.165) is 10.0 Å². The van der Waals surface area contributed by atoms with Gasteiger partial charge in [0, 0.05) is 16.5 Å². The summed E-state index contributed by atoms with van der Waals surface area (Å²) in [5.74, 6) is 0.989. The smallest absolute Gasteiger partial charge is 0.257 e. The van der Waals surface area contributed by atoms with Crippen LogP contribution in [0, 0.1) is 0 Å². The molecule has 0 aliphatic rings. The second-order valence-electron chi connectivity index (χ2n) is 4.49. The Morgan fingerprint density at radius 1 is 1.19 bits per heavy atom. The Kier molecular flexibility index (Phi) is 3.94. The highest BCUT2D eigenvalue weighted by molar-refractivity contribution is 9.10. The predicted octanol–water partition coefficient (Wildman–Crippen LogP) is 4.45. The Labute approximate surface area is 134 Å². The van der Waals surface area contributed by atoms with Crippen molar-refractivity contribution in [2.75, 3.05) is 0 Å². The molecule has 1 aromatic heterocycles. The van der Waals surface area contributed by atoms with Gasteiger partial charge in [-0.05, 0) is 35.9 Å². The van der Waals surface area contributed by atoms with Crippen molar-refractivity contribution >= 4 is 27.5 Å². The molecule has 106 valence electrons. The van der Waals surface area contributed by atoms with Gasteiger partial charge in [0.05, 0.1) is 5.02 Å². The van der Waals surface area contributed by atoms with Gasteiger partial charge < -0.3 is 9.63 Å². The zero-order valence-electron chi connectivity index (χ0n) is 10.8. The molecule has 0 bridgehead atoms. The van der Waals surface area contributed by atoms with E-state index >= 15 is 0 Å². The fraction of sp³-hybridized carbons (Fsp3) is 0.0667. The van der Waals surface area contributed by atoms with Crippen molar-refractivity contribution in [2.45, 2.75) is 6.42 Å². The standard InChI is InChI=1S/C15H10BrClN2O2/c16-11-3-1-2-9(6-11)7-14-18-15(21-19-14)10-4-5-13(20)12(17)8-10/h1-6,8,20H,7H2. The van der Waals surface area contributed by atoms with Crippen LogP contribution in [0.15, 0.2) is 51.5 Å². The second-order valence-corrected chi connectivity index (χ2v) is 5.81. The Balaban J connectivity index is 1.84. The fourth-order valence-electron chi connectivity index (χ4n) is 1.91. The first kappa shape index (κ1) is 14.1. The van der Waals surface area contributed by atoms with E-state index in [4.69, 9.17) is 16.1 Å². The highest BCUT2D eigenvalue weighted by Gasteiger charge is 2.11. The largest absolute Gasteiger partial charge is 0.506 e. The molecule has 0 unspecified atom stereocenters. The molecule has 0 amide bonds. The van der Waals surface area contributed by atoms with Crippen LogP contribution in [0.25, 0.3) is 11.5 Å². The average Bonchev–Trinajstić information content (AvgIpc) is 2.90. The minimum absolute atomic E-state index is 0.0225. The van der Waals surface area contributed by atoms with Crippen molar-refractivity contribution in [3.05, 3.63) is 63.3 Å². The molecule has 4 nitrogen and oxygen atoms in total. The molecule has 0 saturated carbocycles. The van der Waals surface area contributed by atoms with Gasteiger partial charge in [0.25, 0.3) is 5.89 Å². The van der Waals surface area contributed by atoms with Gasteiger partial charge in [-0.2, -0.15) is 4.98 Å². The summed E-state index contributed by atoms with van der Waals surface area (Å²) in [6, 6.07) is 12.7. The monoisotopic (exact) mass is 364 g/mol. The maximum absolute atomic E-state index is 9.41. The average molecular weight is 366 g/mol. The van der Waals surface area contributed by atoms with Crippen LogP contribution in [0.1, 0.15) is 11.4 Å². The van der Waals surface area contributed by atoms with Gasteiger partial charge in [-0.15, -0.1) is 0 Å². The number of aromatic nitrogens is 2. The summed E-state index contributed by atoms with van der Waals surface area (Å²) in [6.07, 6.45) is 0.578. The lowest BCUT2D eigenvalue weighted by atomic mass is 10.1. The molecule has 1 heterocycles. The number of hydrogen-bond donors (Lipinski definition) is 1. The summed E-state index contributed by atoms with van der Waals surface area (Å²) in [5, 5.41) is 13.6. The summed E-state index contributed by atoms with van der Waals surface area (Å²) in [5.41, 5.74) is 1.76. The summed E-state index contributed by atoms with van der Waals surface area (Å²) >= 11 is 9.30. The first-order chi connectivity index (χ1) is 10.1. The molecular formula is C15H10BrClN2O2. The van der Waals surface area contributed by atoms with Crippen molar-refractivity contribution in [2.24, 2.45) is 0 Å². The maximum atomic E-state index is 9.41. The van der Waals surface area contributed by atoms with E-state index in [1.807, 2.05) is 24.3 Å². The fourth-order valence-corrected chi connectivity index (χ4v) is 2.54. The molecule has 0 radical (unpaired) electrons. The quantitative estimate of drug-likeness (QED) is 0.745. The van der Waals surface area contributed by atoms with Gasteiger partial charge in [0.1, 0.15) is 5.75 Å². The first-order valence-electron chi connectivity index (χ1n) is 6.18. The van der Waals surface area contributed by atoms with E-state index in [1.54, 1.807) is 12.1 Å². The number of aromatic hydroxyl groups is 1. The Hall–Kier alpha value is -1.85. The molecule has 2 aromatic carbocycles. The highest BCUT2D eigenvalue weighted by atomic mass is 79.9. The SMILES string of the molecule is Oc1ccc(-c2nc(Cc3cccc(Br)c3)no2)cc1Cl. The second kappa shape index (κ2) is 5.87. The first-order valence-corrected chi connectivity index (χ1v) is 7.35. The van der Waals surface area contributed by atoms with Crippen LogP contribution in [0.5, 0.6) is 5.75 Å². The lowest BCUT2D eigenvalue weighted by Crippen LogP contribution is -1.90. The van der Waals surface area contributed by atoms with Gasteiger partial charge in [-0.1, -0.05) is 44.8 Å². The predicted molar refractivity (Wildman–Crippen MR) is 83.4 cm³/mol. The third-order valence-corrected chi connectivity index (χ3v) is 3.71. The number of nitrogens with zero attached hydrogens (tertiary/aromatic N) is 2. The van der Waals surface area contributed by atoms with Crippen LogP contribution in [-0.2, 0) is 6.42 Å². The van der Waals surface area contributed by atoms with Crippen molar-refractivity contribution in [3.63, 3.8) is 0 Å². The van der Waals surface area contributed by atoms with Crippen LogP contribution in [0.3, 0.4) is 0 Å². The molecule has 0 fully saturated rings. The van der Waals surface area contributed by atoms with E-state index in [-0.39, 0.29) is 10.8 Å². The number of benzene rings is 2. The van der Waals surface area contributed by atoms with Crippen LogP contribution >= 0.6 is 27.5 Å². The molecular weight excluding hydrogens is 356 g/mol. The summed E-state index contributed by atoms with van der Waals surface area (Å²) in [6.45, 7) is 0. The molecule has 3 rings (SSSR count). The van der Waals surface area contributed by atoms with Crippen molar-refractivity contribution in [1.29, 1.82) is 0 Å². The molecule has 6 heteroatoms. The van der Waals surface area contributed by atoms with Crippen LogP contribution in [0.4, 0.5) is 0 Å². The third kappa shape index (κ3) is 3.25. The molecule has 0 aliphatic carbocycles. The number of halogens is 2. The zero-order valence-corrected chi connectivity index (χ0v) is 13.1. The Bertz CT molecular complexity index is 789. The molecule has 0 aliphatic heterocycles. The van der Waals surface area contributed by atoms with Gasteiger partial charge in [0.2, 0.25) is 0 Å². The van der Waals surface area contributed by atoms with Gasteiger partial charge in [0.15, 0.2) is 5.82 Å². The number of phenols is 1. The molecule has 0 spiro atoms. The Morgan fingerprint density at radius 3 is 2.81 bits per heavy atom. The van der Waals surface area contributed by atoms with Crippen molar-refractivity contribution in [1.82, 2.24) is 10.1 Å².